The highest BCUT2D eigenvalue weighted by Gasteiger charge is 2.40. The smallest absolute Gasteiger partial charge is 0.310 e. The summed E-state index contributed by atoms with van der Waals surface area (Å²) < 4.78 is 25.8. The molecule has 0 aliphatic carbocycles. The number of carboxylic acid groups (broad SMARTS) is 1. The first kappa shape index (κ1) is 15.4. The van der Waals surface area contributed by atoms with Crippen molar-refractivity contribution in [1.29, 1.82) is 0 Å². The first-order chi connectivity index (χ1) is 9.80. The van der Waals surface area contributed by atoms with Gasteiger partial charge in [-0.15, -0.1) is 0 Å². The minimum atomic E-state index is -1.03. The molecule has 1 atom stereocenters. The molecule has 5 nitrogen and oxygen atoms in total. The van der Waals surface area contributed by atoms with Gasteiger partial charge >= 0.3 is 5.97 Å². The molecular weight excluding hydrogens is 282 g/mol. The van der Waals surface area contributed by atoms with Gasteiger partial charge in [-0.25, -0.2) is 8.78 Å². The van der Waals surface area contributed by atoms with Crippen molar-refractivity contribution in [3.63, 3.8) is 0 Å². The molecule has 2 N–H and O–H groups in total. The zero-order valence-corrected chi connectivity index (χ0v) is 11.5. The highest BCUT2D eigenvalue weighted by atomic mass is 19.2. The Labute approximate surface area is 120 Å². The van der Waals surface area contributed by atoms with E-state index < -0.39 is 28.9 Å². The number of rotatable bonds is 4. The molecule has 1 unspecified atom stereocenters. The second-order valence-corrected chi connectivity index (χ2v) is 5.50. The summed E-state index contributed by atoms with van der Waals surface area (Å²) in [6.07, 6.45) is 0.473. The van der Waals surface area contributed by atoms with Gasteiger partial charge in [0.2, 0.25) is 5.91 Å². The van der Waals surface area contributed by atoms with Crippen LogP contribution in [0.25, 0.3) is 0 Å². The topological polar surface area (TPSA) is 69.6 Å². The summed E-state index contributed by atoms with van der Waals surface area (Å²) in [5.41, 5.74) is -0.679. The number of nitrogens with zero attached hydrogens (tertiary/aromatic N) is 1. The summed E-state index contributed by atoms with van der Waals surface area (Å²) in [6, 6.07) is 3.10. The Balaban J connectivity index is 1.91. The van der Waals surface area contributed by atoms with E-state index in [-0.39, 0.29) is 18.8 Å². The number of likely N-dealkylation sites (tertiary alicyclic amines) is 1. The van der Waals surface area contributed by atoms with Crippen LogP contribution in [0, 0.1) is 17.0 Å². The Kier molecular flexibility index (Phi) is 4.22. The van der Waals surface area contributed by atoms with Crippen LogP contribution in [0.5, 0.6) is 0 Å². The van der Waals surface area contributed by atoms with E-state index in [9.17, 15) is 18.4 Å². The number of carbonyl (C=O) groups excluding carboxylic acids is 1. The largest absolute Gasteiger partial charge is 0.481 e. The van der Waals surface area contributed by atoms with Gasteiger partial charge in [0.25, 0.3) is 0 Å². The Morgan fingerprint density at radius 2 is 2.10 bits per heavy atom. The van der Waals surface area contributed by atoms with Gasteiger partial charge in [0.05, 0.1) is 12.0 Å². The predicted molar refractivity (Wildman–Crippen MR) is 71.8 cm³/mol. The van der Waals surface area contributed by atoms with Gasteiger partial charge < -0.3 is 10.4 Å². The summed E-state index contributed by atoms with van der Waals surface area (Å²) in [5.74, 6) is -3.29. The fourth-order valence-corrected chi connectivity index (χ4v) is 2.34. The van der Waals surface area contributed by atoms with Crippen molar-refractivity contribution in [2.24, 2.45) is 5.41 Å². The minimum Gasteiger partial charge on any atom is -0.481 e. The van der Waals surface area contributed by atoms with E-state index in [0.29, 0.717) is 13.0 Å². The van der Waals surface area contributed by atoms with Crippen LogP contribution in [0.15, 0.2) is 18.2 Å². The maximum Gasteiger partial charge on any atom is 0.310 e. The van der Waals surface area contributed by atoms with Crippen LogP contribution in [-0.2, 0) is 9.59 Å². The van der Waals surface area contributed by atoms with Crippen LogP contribution in [-0.4, -0.2) is 41.5 Å². The third kappa shape index (κ3) is 3.55. The van der Waals surface area contributed by atoms with E-state index in [1.807, 2.05) is 0 Å². The third-order valence-electron chi connectivity index (χ3n) is 3.64. The molecule has 21 heavy (non-hydrogen) atoms. The molecule has 1 amide bonds. The second-order valence-electron chi connectivity index (χ2n) is 5.50. The second kappa shape index (κ2) is 5.77. The highest BCUT2D eigenvalue weighted by molar-refractivity contribution is 5.92. The molecule has 1 aromatic carbocycles. The van der Waals surface area contributed by atoms with Crippen molar-refractivity contribution in [2.45, 2.75) is 13.3 Å². The fraction of sp³-hybridized carbons (Fsp3) is 0.429. The zero-order valence-electron chi connectivity index (χ0n) is 11.5. The summed E-state index contributed by atoms with van der Waals surface area (Å²) in [5, 5.41) is 11.6. The van der Waals surface area contributed by atoms with Gasteiger partial charge in [-0.2, -0.15) is 0 Å². The van der Waals surface area contributed by atoms with Crippen LogP contribution in [0.3, 0.4) is 0 Å². The van der Waals surface area contributed by atoms with Crippen LogP contribution < -0.4 is 5.32 Å². The predicted octanol–water partition coefficient (Wildman–Crippen LogP) is 1.70. The average molecular weight is 298 g/mol. The third-order valence-corrected chi connectivity index (χ3v) is 3.64. The lowest BCUT2D eigenvalue weighted by Crippen LogP contribution is -2.35. The molecule has 1 aliphatic rings. The number of hydrogen-bond donors (Lipinski definition) is 2. The van der Waals surface area contributed by atoms with E-state index in [4.69, 9.17) is 5.11 Å². The molecule has 0 saturated carbocycles. The van der Waals surface area contributed by atoms with Crippen molar-refractivity contribution in [3.05, 3.63) is 29.8 Å². The standard InChI is InChI=1S/C14H16F2N2O3/c1-14(13(20)21)4-5-18(8-14)7-12(19)17-9-2-3-10(15)11(16)6-9/h2-3,6H,4-5,7-8H2,1H3,(H,17,19)(H,20,21). The Morgan fingerprint density at radius 3 is 2.67 bits per heavy atom. The Morgan fingerprint density at radius 1 is 1.38 bits per heavy atom. The van der Waals surface area contributed by atoms with E-state index in [0.717, 1.165) is 12.1 Å². The molecule has 2 rings (SSSR count). The molecule has 1 heterocycles. The van der Waals surface area contributed by atoms with Gasteiger partial charge in [-0.1, -0.05) is 0 Å². The summed E-state index contributed by atoms with van der Waals surface area (Å²) >= 11 is 0. The van der Waals surface area contributed by atoms with Crippen molar-refractivity contribution in [1.82, 2.24) is 4.90 Å². The van der Waals surface area contributed by atoms with Gasteiger partial charge in [-0.3, -0.25) is 14.5 Å². The first-order valence-electron chi connectivity index (χ1n) is 6.51. The molecule has 114 valence electrons. The van der Waals surface area contributed by atoms with Gasteiger partial charge in [0.1, 0.15) is 0 Å². The van der Waals surface area contributed by atoms with Gasteiger partial charge in [0.15, 0.2) is 11.6 Å². The number of halogens is 2. The molecule has 0 aromatic heterocycles. The molecule has 7 heteroatoms. The number of anilines is 1. The number of carboxylic acids is 1. The van der Waals surface area contributed by atoms with E-state index in [2.05, 4.69) is 5.32 Å². The van der Waals surface area contributed by atoms with Crippen molar-refractivity contribution in [2.75, 3.05) is 25.0 Å². The van der Waals surface area contributed by atoms with Crippen LogP contribution in [0.2, 0.25) is 0 Å². The molecule has 1 aromatic rings. The molecule has 0 spiro atoms. The highest BCUT2D eigenvalue weighted by Crippen LogP contribution is 2.29. The lowest BCUT2D eigenvalue weighted by atomic mass is 9.90. The number of carbonyl (C=O) groups is 2. The van der Waals surface area contributed by atoms with Gasteiger partial charge in [-0.05, 0) is 32.0 Å². The Hall–Kier alpha value is -2.02. The number of benzene rings is 1. The maximum atomic E-state index is 13.0. The van der Waals surface area contributed by atoms with E-state index in [1.165, 1.54) is 6.07 Å². The molecule has 1 fully saturated rings. The lowest BCUT2D eigenvalue weighted by molar-refractivity contribution is -0.147. The molecule has 0 radical (unpaired) electrons. The first-order valence-corrected chi connectivity index (χ1v) is 6.51. The normalized spacial score (nSPS) is 22.2. The maximum absolute atomic E-state index is 13.0. The number of hydrogen-bond acceptors (Lipinski definition) is 3. The molecule has 0 bridgehead atoms. The summed E-state index contributed by atoms with van der Waals surface area (Å²) in [4.78, 5) is 24.7. The van der Waals surface area contributed by atoms with Crippen molar-refractivity contribution in [3.8, 4) is 0 Å². The molecular formula is C14H16F2N2O3. The monoisotopic (exact) mass is 298 g/mol. The van der Waals surface area contributed by atoms with Crippen LogP contribution in [0.1, 0.15) is 13.3 Å². The minimum absolute atomic E-state index is 0.0157. The van der Waals surface area contributed by atoms with Crippen molar-refractivity contribution >= 4 is 17.6 Å². The SMILES string of the molecule is CC1(C(=O)O)CCN(CC(=O)Nc2ccc(F)c(F)c2)C1. The van der Waals surface area contributed by atoms with E-state index >= 15 is 0 Å². The zero-order chi connectivity index (χ0) is 15.6. The molecule has 1 saturated heterocycles. The van der Waals surface area contributed by atoms with E-state index in [1.54, 1.807) is 11.8 Å². The van der Waals surface area contributed by atoms with Gasteiger partial charge in [0, 0.05) is 18.3 Å². The summed E-state index contributed by atoms with van der Waals surface area (Å²) in [7, 11) is 0. The number of aliphatic carboxylic acids is 1. The molecule has 1 aliphatic heterocycles. The van der Waals surface area contributed by atoms with Crippen LogP contribution in [0.4, 0.5) is 14.5 Å². The fourth-order valence-electron chi connectivity index (χ4n) is 2.34. The number of amides is 1. The quantitative estimate of drug-likeness (QED) is 0.887. The summed E-state index contributed by atoms with van der Waals surface area (Å²) in [6.45, 7) is 2.45. The van der Waals surface area contributed by atoms with Crippen molar-refractivity contribution < 1.29 is 23.5 Å². The average Bonchev–Trinajstić information content (AvgIpc) is 2.77. The Bertz CT molecular complexity index is 579. The lowest BCUT2D eigenvalue weighted by Gasteiger charge is -2.19. The number of nitrogens with one attached hydrogen (secondary N) is 1. The van der Waals surface area contributed by atoms with Crippen LogP contribution >= 0.6 is 0 Å².